The van der Waals surface area contributed by atoms with Gasteiger partial charge in [0.2, 0.25) is 0 Å². The first-order chi connectivity index (χ1) is 9.69. The summed E-state index contributed by atoms with van der Waals surface area (Å²) in [6.45, 7) is 8.63. The third-order valence-electron chi connectivity index (χ3n) is 3.89. The van der Waals surface area contributed by atoms with Gasteiger partial charge in [0, 0.05) is 38.8 Å². The Kier molecular flexibility index (Phi) is 5.41. The molecule has 1 atom stereocenters. The third-order valence-corrected chi connectivity index (χ3v) is 3.89. The van der Waals surface area contributed by atoms with Crippen LogP contribution in [0, 0.1) is 0 Å². The van der Waals surface area contributed by atoms with Crippen LogP contribution in [0.25, 0.3) is 0 Å². The highest BCUT2D eigenvalue weighted by Crippen LogP contribution is 2.08. The van der Waals surface area contributed by atoms with Crippen LogP contribution in [0.2, 0.25) is 0 Å². The number of carbonyl (C=O) groups is 1. The molecule has 1 aromatic carbocycles. The van der Waals surface area contributed by atoms with Crippen molar-refractivity contribution in [2.24, 2.45) is 0 Å². The molecule has 4 heteroatoms. The van der Waals surface area contributed by atoms with Crippen molar-refractivity contribution < 1.29 is 4.79 Å². The summed E-state index contributed by atoms with van der Waals surface area (Å²) in [5, 5.41) is 3.03. The van der Waals surface area contributed by atoms with Crippen LogP contribution < -0.4 is 5.32 Å². The number of urea groups is 1. The second-order valence-corrected chi connectivity index (χ2v) is 5.51. The summed E-state index contributed by atoms with van der Waals surface area (Å²) in [4.78, 5) is 16.4. The molecule has 1 unspecified atom stereocenters. The number of hydrogen-bond acceptors (Lipinski definition) is 2. The Labute approximate surface area is 121 Å². The fourth-order valence-corrected chi connectivity index (χ4v) is 2.35. The first-order valence-electron chi connectivity index (χ1n) is 7.50. The van der Waals surface area contributed by atoms with Gasteiger partial charge in [-0.15, -0.1) is 0 Å². The van der Waals surface area contributed by atoms with Gasteiger partial charge in [0.15, 0.2) is 0 Å². The summed E-state index contributed by atoms with van der Waals surface area (Å²) in [5.74, 6) is 0. The van der Waals surface area contributed by atoms with E-state index in [1.165, 1.54) is 5.56 Å². The number of nitrogens with one attached hydrogen (secondary N) is 1. The molecule has 0 aromatic heterocycles. The number of nitrogens with zero attached hydrogens (tertiary/aromatic N) is 2. The van der Waals surface area contributed by atoms with Crippen LogP contribution in [0.4, 0.5) is 4.79 Å². The van der Waals surface area contributed by atoms with Gasteiger partial charge in [-0.3, -0.25) is 4.90 Å². The number of rotatable bonds is 4. The Morgan fingerprint density at radius 3 is 2.45 bits per heavy atom. The zero-order valence-corrected chi connectivity index (χ0v) is 12.5. The van der Waals surface area contributed by atoms with Gasteiger partial charge < -0.3 is 10.2 Å². The van der Waals surface area contributed by atoms with E-state index >= 15 is 0 Å². The topological polar surface area (TPSA) is 35.6 Å². The van der Waals surface area contributed by atoms with E-state index in [1.807, 2.05) is 17.9 Å². The van der Waals surface area contributed by atoms with Gasteiger partial charge in [0.25, 0.3) is 0 Å². The van der Waals surface area contributed by atoms with E-state index < -0.39 is 0 Å². The van der Waals surface area contributed by atoms with Gasteiger partial charge >= 0.3 is 6.03 Å². The van der Waals surface area contributed by atoms with E-state index in [-0.39, 0.29) is 12.1 Å². The van der Waals surface area contributed by atoms with Crippen LogP contribution in [0.15, 0.2) is 30.3 Å². The average Bonchev–Trinajstić information content (AvgIpc) is 2.49. The summed E-state index contributed by atoms with van der Waals surface area (Å²) in [5.41, 5.74) is 1.34. The van der Waals surface area contributed by atoms with Crippen molar-refractivity contribution in [3.63, 3.8) is 0 Å². The molecule has 2 amide bonds. The van der Waals surface area contributed by atoms with E-state index in [0.29, 0.717) is 0 Å². The Bertz CT molecular complexity index is 413. The first kappa shape index (κ1) is 14.9. The normalized spacial score (nSPS) is 17.8. The van der Waals surface area contributed by atoms with Crippen LogP contribution in [0.3, 0.4) is 0 Å². The fraction of sp³-hybridized carbons (Fsp3) is 0.562. The lowest BCUT2D eigenvalue weighted by Crippen LogP contribution is -2.52. The predicted molar refractivity (Wildman–Crippen MR) is 81.6 cm³/mol. The molecule has 1 aliphatic heterocycles. The summed E-state index contributed by atoms with van der Waals surface area (Å²) in [7, 11) is 0. The Morgan fingerprint density at radius 1 is 1.20 bits per heavy atom. The van der Waals surface area contributed by atoms with Crippen molar-refractivity contribution in [1.82, 2.24) is 15.1 Å². The number of hydrogen-bond donors (Lipinski definition) is 1. The van der Waals surface area contributed by atoms with E-state index in [4.69, 9.17) is 0 Å². The van der Waals surface area contributed by atoms with Crippen molar-refractivity contribution in [1.29, 1.82) is 0 Å². The Balaban J connectivity index is 1.76. The fourth-order valence-electron chi connectivity index (χ4n) is 2.35. The van der Waals surface area contributed by atoms with Crippen molar-refractivity contribution in [3.05, 3.63) is 35.9 Å². The number of piperazine rings is 1. The molecule has 0 spiro atoms. The summed E-state index contributed by atoms with van der Waals surface area (Å²) in [6.07, 6.45) is 0.972. The molecule has 20 heavy (non-hydrogen) atoms. The van der Waals surface area contributed by atoms with Gasteiger partial charge in [0.1, 0.15) is 0 Å². The average molecular weight is 275 g/mol. The van der Waals surface area contributed by atoms with Crippen molar-refractivity contribution in [2.75, 3.05) is 26.2 Å². The van der Waals surface area contributed by atoms with Gasteiger partial charge in [-0.2, -0.15) is 0 Å². The highest BCUT2D eigenvalue weighted by atomic mass is 16.2. The molecular formula is C16H25N3O. The zero-order valence-electron chi connectivity index (χ0n) is 12.5. The minimum absolute atomic E-state index is 0.0821. The van der Waals surface area contributed by atoms with Crippen LogP contribution in [-0.2, 0) is 6.54 Å². The molecule has 0 bridgehead atoms. The summed E-state index contributed by atoms with van der Waals surface area (Å²) in [6, 6.07) is 10.8. The van der Waals surface area contributed by atoms with Crippen molar-refractivity contribution in [2.45, 2.75) is 32.9 Å². The maximum absolute atomic E-state index is 12.0. The quantitative estimate of drug-likeness (QED) is 0.915. The van der Waals surface area contributed by atoms with E-state index in [2.05, 4.69) is 41.4 Å². The molecular weight excluding hydrogens is 250 g/mol. The monoisotopic (exact) mass is 275 g/mol. The molecule has 1 N–H and O–H groups in total. The van der Waals surface area contributed by atoms with Gasteiger partial charge in [-0.25, -0.2) is 4.79 Å². The second-order valence-electron chi connectivity index (χ2n) is 5.51. The summed E-state index contributed by atoms with van der Waals surface area (Å²) >= 11 is 0. The lowest BCUT2D eigenvalue weighted by Gasteiger charge is -2.35. The molecule has 1 aromatic rings. The highest BCUT2D eigenvalue weighted by molar-refractivity contribution is 5.74. The van der Waals surface area contributed by atoms with E-state index in [9.17, 15) is 4.79 Å². The van der Waals surface area contributed by atoms with E-state index in [0.717, 1.165) is 39.1 Å². The van der Waals surface area contributed by atoms with Gasteiger partial charge in [-0.05, 0) is 18.9 Å². The third kappa shape index (κ3) is 4.23. The van der Waals surface area contributed by atoms with Crippen LogP contribution in [0.1, 0.15) is 25.8 Å². The molecule has 1 aliphatic rings. The lowest BCUT2D eigenvalue weighted by atomic mass is 10.2. The Morgan fingerprint density at radius 2 is 1.85 bits per heavy atom. The summed E-state index contributed by atoms with van der Waals surface area (Å²) < 4.78 is 0. The van der Waals surface area contributed by atoms with Gasteiger partial charge in [-0.1, -0.05) is 37.3 Å². The Hall–Kier alpha value is -1.55. The molecule has 0 radical (unpaired) electrons. The van der Waals surface area contributed by atoms with Gasteiger partial charge in [0.05, 0.1) is 0 Å². The number of amides is 2. The van der Waals surface area contributed by atoms with Crippen molar-refractivity contribution in [3.8, 4) is 0 Å². The first-order valence-corrected chi connectivity index (χ1v) is 7.50. The minimum Gasteiger partial charge on any atom is -0.336 e. The number of benzene rings is 1. The lowest BCUT2D eigenvalue weighted by molar-refractivity contribution is 0.133. The molecule has 110 valence electrons. The maximum Gasteiger partial charge on any atom is 0.317 e. The van der Waals surface area contributed by atoms with E-state index in [1.54, 1.807) is 0 Å². The minimum atomic E-state index is 0.0821. The van der Waals surface area contributed by atoms with Crippen LogP contribution in [0.5, 0.6) is 0 Å². The largest absolute Gasteiger partial charge is 0.336 e. The molecule has 0 aliphatic carbocycles. The standard InChI is InChI=1S/C16H25N3O/c1-3-14(2)17-16(20)19-11-9-18(10-12-19)13-15-7-5-4-6-8-15/h4-8,14H,3,9-13H2,1-2H3,(H,17,20). The molecule has 4 nitrogen and oxygen atoms in total. The maximum atomic E-state index is 12.0. The predicted octanol–water partition coefficient (Wildman–Crippen LogP) is 2.31. The van der Waals surface area contributed by atoms with Crippen LogP contribution >= 0.6 is 0 Å². The molecule has 2 rings (SSSR count). The molecule has 1 saturated heterocycles. The molecule has 0 saturated carbocycles. The molecule has 1 fully saturated rings. The van der Waals surface area contributed by atoms with Crippen molar-refractivity contribution >= 4 is 6.03 Å². The zero-order chi connectivity index (χ0) is 14.4. The highest BCUT2D eigenvalue weighted by Gasteiger charge is 2.21. The molecule has 1 heterocycles. The number of carbonyl (C=O) groups excluding carboxylic acids is 1. The second kappa shape index (κ2) is 7.29. The smallest absolute Gasteiger partial charge is 0.317 e. The van der Waals surface area contributed by atoms with Crippen LogP contribution in [-0.4, -0.2) is 48.1 Å². The SMILES string of the molecule is CCC(C)NC(=O)N1CCN(Cc2ccccc2)CC1.